The molecule has 1 fully saturated rings. The van der Waals surface area contributed by atoms with Crippen LogP contribution in [0.3, 0.4) is 0 Å². The Morgan fingerprint density at radius 3 is 2.50 bits per heavy atom. The molecule has 0 aromatic carbocycles. The molecule has 0 bridgehead atoms. The average molecular weight is 251 g/mol. The van der Waals surface area contributed by atoms with Crippen LogP contribution in [-0.2, 0) is 0 Å². The van der Waals surface area contributed by atoms with Gasteiger partial charge in [0, 0.05) is 24.4 Å². The van der Waals surface area contributed by atoms with E-state index in [-0.39, 0.29) is 17.6 Å². The monoisotopic (exact) mass is 251 g/mol. The van der Waals surface area contributed by atoms with Crippen LogP contribution in [-0.4, -0.2) is 63.2 Å². The van der Waals surface area contributed by atoms with E-state index in [1.54, 1.807) is 6.82 Å². The molecule has 1 aliphatic rings. The molecule has 2 heterocycles. The summed E-state index contributed by atoms with van der Waals surface area (Å²) in [6, 6.07) is 0.205. The van der Waals surface area contributed by atoms with Crippen molar-refractivity contribution in [1.29, 1.82) is 0 Å². The van der Waals surface area contributed by atoms with Crippen molar-refractivity contribution >= 4 is 19.6 Å². The molecule has 1 aliphatic heterocycles. The van der Waals surface area contributed by atoms with Crippen LogP contribution in [0.4, 0.5) is 0 Å². The maximum Gasteiger partial charge on any atom is 0.491 e. The number of hydrogen-bond donors (Lipinski definition) is 3. The van der Waals surface area contributed by atoms with E-state index in [1.165, 1.54) is 12.4 Å². The van der Waals surface area contributed by atoms with Crippen LogP contribution in [0.25, 0.3) is 0 Å². The lowest BCUT2D eigenvalue weighted by molar-refractivity contribution is 0.195. The Morgan fingerprint density at radius 1 is 1.33 bits per heavy atom. The van der Waals surface area contributed by atoms with Crippen LogP contribution in [0.1, 0.15) is 6.42 Å². The summed E-state index contributed by atoms with van der Waals surface area (Å²) in [5.41, 5.74) is 0.222. The van der Waals surface area contributed by atoms with Crippen molar-refractivity contribution in [1.82, 2.24) is 14.8 Å². The van der Waals surface area contributed by atoms with Crippen LogP contribution in [0.2, 0.25) is 6.82 Å². The van der Waals surface area contributed by atoms with E-state index >= 15 is 0 Å². The van der Waals surface area contributed by atoms with Gasteiger partial charge in [-0.1, -0.05) is 0 Å². The molecule has 1 atom stereocenters. The Hall–Kier alpha value is -1.15. The van der Waals surface area contributed by atoms with Gasteiger partial charge in [0.05, 0.1) is 0 Å². The highest BCUT2D eigenvalue weighted by Crippen LogP contribution is 2.14. The van der Waals surface area contributed by atoms with E-state index in [0.29, 0.717) is 6.54 Å². The van der Waals surface area contributed by atoms with E-state index in [4.69, 9.17) is 14.8 Å². The van der Waals surface area contributed by atoms with Crippen molar-refractivity contribution in [3.05, 3.63) is 12.4 Å². The summed E-state index contributed by atoms with van der Waals surface area (Å²) in [6.45, 7) is 3.12. The van der Waals surface area contributed by atoms with Crippen LogP contribution >= 0.6 is 0 Å². The summed E-state index contributed by atoms with van der Waals surface area (Å²) < 4.78 is 5.55. The van der Waals surface area contributed by atoms with Gasteiger partial charge in [0.2, 0.25) is 0 Å². The third kappa shape index (κ3) is 3.20. The molecule has 0 amide bonds. The second-order valence-corrected chi connectivity index (χ2v) is 4.33. The Bertz CT molecular complexity index is 390. The van der Waals surface area contributed by atoms with Crippen LogP contribution in [0, 0.1) is 0 Å². The minimum atomic E-state index is -1.57. The summed E-state index contributed by atoms with van der Waals surface area (Å²) in [7, 11) is -2.05. The van der Waals surface area contributed by atoms with E-state index in [9.17, 15) is 5.02 Å². The molecule has 0 spiro atoms. The third-order valence-electron chi connectivity index (χ3n) is 2.92. The van der Waals surface area contributed by atoms with Gasteiger partial charge < -0.3 is 24.6 Å². The fourth-order valence-electron chi connectivity index (χ4n) is 1.86. The highest BCUT2D eigenvalue weighted by molar-refractivity contribution is 6.58. The lowest BCUT2D eigenvalue weighted by Gasteiger charge is -2.16. The molecular formula is C9H15B2N3O4. The van der Waals surface area contributed by atoms with Gasteiger partial charge in [0.1, 0.15) is 6.10 Å². The fraction of sp³-hybridized carbons (Fsp3) is 0.556. The van der Waals surface area contributed by atoms with Crippen molar-refractivity contribution in [2.75, 3.05) is 13.1 Å². The summed E-state index contributed by atoms with van der Waals surface area (Å²) in [6.07, 6.45) is 3.38. The molecule has 0 radical (unpaired) electrons. The van der Waals surface area contributed by atoms with Crippen molar-refractivity contribution in [2.45, 2.75) is 19.3 Å². The van der Waals surface area contributed by atoms with E-state index in [2.05, 4.69) is 9.97 Å². The standard InChI is InChI=1S/C9H15B2N3O4/c1-10(15)14-3-2-8(6-14)18-9-12-4-7(5-13-9)11(16)17/h4-5,8,15-17H,2-3,6H2,1H3. The summed E-state index contributed by atoms with van der Waals surface area (Å²) in [5.74, 6) is 0. The van der Waals surface area contributed by atoms with E-state index in [0.717, 1.165) is 13.0 Å². The maximum atomic E-state index is 9.42. The Labute approximate surface area is 106 Å². The summed E-state index contributed by atoms with van der Waals surface area (Å²) >= 11 is 0. The smallest absolute Gasteiger partial charge is 0.459 e. The van der Waals surface area contributed by atoms with E-state index in [1.807, 2.05) is 4.81 Å². The Balaban J connectivity index is 1.90. The van der Waals surface area contributed by atoms with Crippen LogP contribution in [0.5, 0.6) is 6.01 Å². The first-order valence-electron chi connectivity index (χ1n) is 5.83. The molecule has 3 N–H and O–H groups in total. The van der Waals surface area contributed by atoms with Gasteiger partial charge in [0.25, 0.3) is 0 Å². The molecule has 18 heavy (non-hydrogen) atoms. The van der Waals surface area contributed by atoms with Crippen molar-refractivity contribution in [3.8, 4) is 6.01 Å². The fourth-order valence-corrected chi connectivity index (χ4v) is 1.86. The first-order valence-corrected chi connectivity index (χ1v) is 5.83. The first-order chi connectivity index (χ1) is 8.56. The maximum absolute atomic E-state index is 9.42. The number of rotatable bonds is 4. The number of aromatic nitrogens is 2. The SMILES string of the molecule is CB(O)N1CCC(Oc2ncc(B(O)O)cn2)C1. The van der Waals surface area contributed by atoms with Gasteiger partial charge in [-0.2, -0.15) is 0 Å². The molecule has 0 saturated carbocycles. The van der Waals surface area contributed by atoms with Crippen LogP contribution < -0.4 is 10.2 Å². The Morgan fingerprint density at radius 2 is 2.00 bits per heavy atom. The van der Waals surface area contributed by atoms with Crippen molar-refractivity contribution < 1.29 is 19.8 Å². The third-order valence-corrected chi connectivity index (χ3v) is 2.92. The highest BCUT2D eigenvalue weighted by Gasteiger charge is 2.29. The van der Waals surface area contributed by atoms with Gasteiger partial charge in [-0.15, -0.1) is 0 Å². The molecule has 1 aromatic rings. The molecule has 1 saturated heterocycles. The minimum Gasteiger partial charge on any atom is -0.459 e. The number of nitrogens with zero attached hydrogens (tertiary/aromatic N) is 3. The summed E-state index contributed by atoms with van der Waals surface area (Å²) in [5, 5.41) is 27.2. The number of ether oxygens (including phenoxy) is 1. The minimum absolute atomic E-state index is 0.0514. The lowest BCUT2D eigenvalue weighted by atomic mass is 9.83. The van der Waals surface area contributed by atoms with Crippen molar-refractivity contribution in [2.24, 2.45) is 0 Å². The normalized spacial score (nSPS) is 19.9. The van der Waals surface area contributed by atoms with Gasteiger partial charge in [-0.25, -0.2) is 9.97 Å². The van der Waals surface area contributed by atoms with Gasteiger partial charge in [-0.05, 0) is 19.8 Å². The largest absolute Gasteiger partial charge is 0.491 e. The Kier molecular flexibility index (Phi) is 4.18. The molecule has 2 rings (SSSR count). The summed E-state index contributed by atoms with van der Waals surface area (Å²) in [4.78, 5) is 9.70. The molecular weight excluding hydrogens is 236 g/mol. The molecule has 7 nitrogen and oxygen atoms in total. The van der Waals surface area contributed by atoms with E-state index < -0.39 is 14.2 Å². The second kappa shape index (κ2) is 5.66. The molecule has 1 aromatic heterocycles. The van der Waals surface area contributed by atoms with Gasteiger partial charge in [0.15, 0.2) is 0 Å². The van der Waals surface area contributed by atoms with Crippen LogP contribution in [0.15, 0.2) is 12.4 Å². The molecule has 1 unspecified atom stereocenters. The average Bonchev–Trinajstić information content (AvgIpc) is 2.78. The second-order valence-electron chi connectivity index (χ2n) is 4.33. The first kappa shape index (κ1) is 13.3. The van der Waals surface area contributed by atoms with Gasteiger partial charge >= 0.3 is 20.2 Å². The predicted molar refractivity (Wildman–Crippen MR) is 66.3 cm³/mol. The zero-order valence-corrected chi connectivity index (χ0v) is 10.1. The number of hydrogen-bond acceptors (Lipinski definition) is 7. The molecule has 0 aliphatic carbocycles. The lowest BCUT2D eigenvalue weighted by Crippen LogP contribution is -2.36. The highest BCUT2D eigenvalue weighted by atomic mass is 16.5. The molecule has 96 valence electrons. The van der Waals surface area contributed by atoms with Crippen molar-refractivity contribution in [3.63, 3.8) is 0 Å². The zero-order chi connectivity index (χ0) is 13.1. The zero-order valence-electron chi connectivity index (χ0n) is 10.1. The quantitative estimate of drug-likeness (QED) is 0.518. The molecule has 9 heteroatoms. The predicted octanol–water partition coefficient (Wildman–Crippen LogP) is -2.28. The van der Waals surface area contributed by atoms with Gasteiger partial charge in [-0.3, -0.25) is 0 Å². The topological polar surface area (TPSA) is 98.9 Å².